The first-order valence-corrected chi connectivity index (χ1v) is 8.16. The van der Waals surface area contributed by atoms with Crippen molar-refractivity contribution in [2.45, 2.75) is 26.6 Å². The molecule has 0 aliphatic heterocycles. The fourth-order valence-electron chi connectivity index (χ4n) is 2.62. The van der Waals surface area contributed by atoms with E-state index in [2.05, 4.69) is 4.98 Å². The van der Waals surface area contributed by atoms with Gasteiger partial charge in [-0.25, -0.2) is 0 Å². The third kappa shape index (κ3) is 4.23. The molecule has 0 N–H and O–H groups in total. The minimum Gasteiger partial charge on any atom is -0.489 e. The Kier molecular flexibility index (Phi) is 4.98. The summed E-state index contributed by atoms with van der Waals surface area (Å²) < 4.78 is 44.4. The molecule has 0 atom stereocenters. The summed E-state index contributed by atoms with van der Waals surface area (Å²) in [7, 11) is 0. The van der Waals surface area contributed by atoms with Crippen LogP contribution in [0, 0.1) is 13.8 Å². The minimum absolute atomic E-state index is 0.352. The molecular formula is C21H18F3NO. The highest BCUT2D eigenvalue weighted by molar-refractivity contribution is 5.61. The van der Waals surface area contributed by atoms with Gasteiger partial charge >= 0.3 is 6.18 Å². The lowest BCUT2D eigenvalue weighted by Crippen LogP contribution is -2.05. The van der Waals surface area contributed by atoms with E-state index in [1.165, 1.54) is 6.07 Å². The summed E-state index contributed by atoms with van der Waals surface area (Å²) in [6.07, 6.45) is -4.37. The molecule has 2 nitrogen and oxygen atoms in total. The number of alkyl halides is 3. The van der Waals surface area contributed by atoms with Gasteiger partial charge in [-0.2, -0.15) is 13.2 Å². The summed E-state index contributed by atoms with van der Waals surface area (Å²) in [5, 5.41) is 0. The van der Waals surface area contributed by atoms with Gasteiger partial charge in [-0.15, -0.1) is 0 Å². The molecule has 26 heavy (non-hydrogen) atoms. The molecule has 2 aromatic carbocycles. The molecule has 0 saturated heterocycles. The van der Waals surface area contributed by atoms with Gasteiger partial charge in [0.25, 0.3) is 0 Å². The highest BCUT2D eigenvalue weighted by Crippen LogP contribution is 2.32. The third-order valence-electron chi connectivity index (χ3n) is 4.06. The molecule has 0 spiro atoms. The predicted molar refractivity (Wildman–Crippen MR) is 94.9 cm³/mol. The Balaban J connectivity index is 1.79. The van der Waals surface area contributed by atoms with Crippen LogP contribution in [0.3, 0.4) is 0 Å². The minimum atomic E-state index is -4.37. The van der Waals surface area contributed by atoms with Gasteiger partial charge < -0.3 is 4.74 Å². The lowest BCUT2D eigenvalue weighted by Gasteiger charge is -2.12. The van der Waals surface area contributed by atoms with E-state index in [0.29, 0.717) is 17.9 Å². The molecule has 0 aliphatic rings. The molecule has 3 rings (SSSR count). The van der Waals surface area contributed by atoms with Crippen molar-refractivity contribution < 1.29 is 17.9 Å². The number of pyridine rings is 1. The Morgan fingerprint density at radius 2 is 1.69 bits per heavy atom. The molecule has 0 aliphatic carbocycles. The second-order valence-electron chi connectivity index (χ2n) is 6.12. The van der Waals surface area contributed by atoms with Crippen molar-refractivity contribution in [2.75, 3.05) is 0 Å². The molecule has 3 aromatic rings. The summed E-state index contributed by atoms with van der Waals surface area (Å²) in [5.74, 6) is 0.770. The third-order valence-corrected chi connectivity index (χ3v) is 4.06. The highest BCUT2D eigenvalue weighted by Gasteiger charge is 2.30. The van der Waals surface area contributed by atoms with E-state index in [1.807, 2.05) is 44.2 Å². The van der Waals surface area contributed by atoms with E-state index < -0.39 is 11.7 Å². The fraction of sp³-hybridized carbons (Fsp3) is 0.190. The van der Waals surface area contributed by atoms with Gasteiger partial charge in [0.05, 0.1) is 11.3 Å². The smallest absolute Gasteiger partial charge is 0.416 e. The van der Waals surface area contributed by atoms with E-state index in [1.54, 1.807) is 12.1 Å². The molecule has 0 bridgehead atoms. The lowest BCUT2D eigenvalue weighted by atomic mass is 10.1. The van der Waals surface area contributed by atoms with Crippen LogP contribution >= 0.6 is 0 Å². The maximum Gasteiger partial charge on any atom is 0.416 e. The predicted octanol–water partition coefficient (Wildman–Crippen LogP) is 5.96. The van der Waals surface area contributed by atoms with Gasteiger partial charge in [0, 0.05) is 16.8 Å². The van der Waals surface area contributed by atoms with Crippen molar-refractivity contribution in [3.63, 3.8) is 0 Å². The average Bonchev–Trinajstić information content (AvgIpc) is 2.60. The molecular weight excluding hydrogens is 339 g/mol. The SMILES string of the molecule is Cc1cccc(OCc2ccc(-c3cccc(C(F)(F)F)c3)nc2C)c1. The molecule has 134 valence electrons. The second kappa shape index (κ2) is 7.20. The van der Waals surface area contributed by atoms with Crippen LogP contribution in [0.5, 0.6) is 5.75 Å². The first kappa shape index (κ1) is 18.0. The molecule has 1 heterocycles. The van der Waals surface area contributed by atoms with Gasteiger partial charge in [-0.3, -0.25) is 4.98 Å². The molecule has 0 radical (unpaired) electrons. The van der Waals surface area contributed by atoms with Crippen molar-refractivity contribution in [3.05, 3.63) is 83.0 Å². The Bertz CT molecular complexity index is 919. The fourth-order valence-corrected chi connectivity index (χ4v) is 2.62. The monoisotopic (exact) mass is 357 g/mol. The molecule has 0 unspecified atom stereocenters. The quantitative estimate of drug-likeness (QED) is 0.574. The van der Waals surface area contributed by atoms with Crippen molar-refractivity contribution in [3.8, 4) is 17.0 Å². The normalized spacial score (nSPS) is 11.4. The summed E-state index contributed by atoms with van der Waals surface area (Å²) in [4.78, 5) is 4.45. The second-order valence-corrected chi connectivity index (χ2v) is 6.12. The highest BCUT2D eigenvalue weighted by atomic mass is 19.4. The molecule has 0 amide bonds. The van der Waals surface area contributed by atoms with Crippen LogP contribution in [-0.4, -0.2) is 4.98 Å². The zero-order valence-electron chi connectivity index (χ0n) is 14.5. The van der Waals surface area contributed by atoms with Gasteiger partial charge in [-0.05, 0) is 49.7 Å². The van der Waals surface area contributed by atoms with Crippen LogP contribution in [-0.2, 0) is 12.8 Å². The maximum atomic E-state index is 12.9. The Labute approximate surface area is 150 Å². The van der Waals surface area contributed by atoms with Gasteiger partial charge in [0.1, 0.15) is 12.4 Å². The number of nitrogens with zero attached hydrogens (tertiary/aromatic N) is 1. The molecule has 1 aromatic heterocycles. The summed E-state index contributed by atoms with van der Waals surface area (Å²) in [6.45, 7) is 4.17. The summed E-state index contributed by atoms with van der Waals surface area (Å²) in [6, 6.07) is 16.5. The number of hydrogen-bond acceptors (Lipinski definition) is 2. The van der Waals surface area contributed by atoms with Crippen molar-refractivity contribution in [1.29, 1.82) is 0 Å². The summed E-state index contributed by atoms with van der Waals surface area (Å²) >= 11 is 0. The van der Waals surface area contributed by atoms with Gasteiger partial charge in [0.2, 0.25) is 0 Å². The zero-order chi connectivity index (χ0) is 18.7. The van der Waals surface area contributed by atoms with E-state index in [0.717, 1.165) is 34.7 Å². The van der Waals surface area contributed by atoms with Gasteiger partial charge in [0.15, 0.2) is 0 Å². The maximum absolute atomic E-state index is 12.9. The first-order valence-electron chi connectivity index (χ1n) is 8.16. The largest absolute Gasteiger partial charge is 0.489 e. The number of ether oxygens (including phenoxy) is 1. The number of benzene rings is 2. The van der Waals surface area contributed by atoms with E-state index in [4.69, 9.17) is 4.74 Å². The summed E-state index contributed by atoms with van der Waals surface area (Å²) in [5.41, 5.74) is 3.00. The van der Waals surface area contributed by atoms with Gasteiger partial charge in [-0.1, -0.05) is 30.3 Å². The van der Waals surface area contributed by atoms with E-state index in [-0.39, 0.29) is 0 Å². The van der Waals surface area contributed by atoms with Crippen LogP contribution < -0.4 is 4.74 Å². The number of rotatable bonds is 4. The van der Waals surface area contributed by atoms with Crippen LogP contribution in [0.2, 0.25) is 0 Å². The van der Waals surface area contributed by atoms with Crippen LogP contribution in [0.15, 0.2) is 60.7 Å². The van der Waals surface area contributed by atoms with Crippen LogP contribution in [0.4, 0.5) is 13.2 Å². The average molecular weight is 357 g/mol. The molecule has 0 fully saturated rings. The van der Waals surface area contributed by atoms with E-state index >= 15 is 0 Å². The molecule has 5 heteroatoms. The van der Waals surface area contributed by atoms with Crippen molar-refractivity contribution >= 4 is 0 Å². The Morgan fingerprint density at radius 1 is 0.923 bits per heavy atom. The number of aromatic nitrogens is 1. The number of halogens is 3. The zero-order valence-corrected chi connectivity index (χ0v) is 14.5. The first-order chi connectivity index (χ1) is 12.3. The van der Waals surface area contributed by atoms with Crippen molar-refractivity contribution in [2.24, 2.45) is 0 Å². The van der Waals surface area contributed by atoms with Crippen LogP contribution in [0.25, 0.3) is 11.3 Å². The topological polar surface area (TPSA) is 22.1 Å². The Morgan fingerprint density at radius 3 is 2.38 bits per heavy atom. The standard InChI is InChI=1S/C21H18F3NO/c1-14-5-3-8-19(11-14)26-13-17-9-10-20(25-15(17)2)16-6-4-7-18(12-16)21(22,23)24/h3-12H,13H2,1-2H3. The van der Waals surface area contributed by atoms with E-state index in [9.17, 15) is 13.2 Å². The molecule has 0 saturated carbocycles. The van der Waals surface area contributed by atoms with Crippen molar-refractivity contribution in [1.82, 2.24) is 4.98 Å². The Hall–Kier alpha value is -2.82. The lowest BCUT2D eigenvalue weighted by molar-refractivity contribution is -0.137. The van der Waals surface area contributed by atoms with Crippen LogP contribution in [0.1, 0.15) is 22.4 Å². The number of hydrogen-bond donors (Lipinski definition) is 0. The number of aryl methyl sites for hydroxylation is 2.